The number of carbonyl (C=O) groups excluding carboxylic acids is 1. The van der Waals surface area contributed by atoms with Crippen LogP contribution in [0.4, 0.5) is 0 Å². The van der Waals surface area contributed by atoms with Crippen LogP contribution >= 0.6 is 11.3 Å². The summed E-state index contributed by atoms with van der Waals surface area (Å²) in [5.41, 5.74) is 5.02. The van der Waals surface area contributed by atoms with E-state index < -0.39 is 0 Å². The van der Waals surface area contributed by atoms with Crippen LogP contribution in [-0.2, 0) is 17.8 Å². The van der Waals surface area contributed by atoms with Gasteiger partial charge in [-0.2, -0.15) is 5.10 Å². The first-order chi connectivity index (χ1) is 13.7. The van der Waals surface area contributed by atoms with Crippen LogP contribution in [0, 0.1) is 6.92 Å². The monoisotopic (exact) mass is 388 g/mol. The van der Waals surface area contributed by atoms with Gasteiger partial charge >= 0.3 is 0 Å². The Hall–Kier alpha value is -3.25. The molecule has 0 saturated carbocycles. The van der Waals surface area contributed by atoms with E-state index in [0.717, 1.165) is 33.1 Å². The van der Waals surface area contributed by atoms with E-state index in [0.29, 0.717) is 13.0 Å². The van der Waals surface area contributed by atoms with E-state index in [-0.39, 0.29) is 5.91 Å². The lowest BCUT2D eigenvalue weighted by Crippen LogP contribution is -2.25. The summed E-state index contributed by atoms with van der Waals surface area (Å²) >= 11 is 1.64. The minimum Gasteiger partial charge on any atom is -0.352 e. The number of amides is 1. The first-order valence-corrected chi connectivity index (χ1v) is 9.93. The van der Waals surface area contributed by atoms with Crippen molar-refractivity contribution in [2.24, 2.45) is 0 Å². The van der Waals surface area contributed by atoms with E-state index in [1.807, 2.05) is 73.1 Å². The third-order valence-corrected chi connectivity index (χ3v) is 5.23. The molecule has 0 unspecified atom stereocenters. The van der Waals surface area contributed by atoms with Crippen LogP contribution in [0.2, 0.25) is 0 Å². The van der Waals surface area contributed by atoms with Crippen molar-refractivity contribution < 1.29 is 4.79 Å². The molecule has 5 nitrogen and oxygen atoms in total. The Morgan fingerprint density at radius 1 is 1.11 bits per heavy atom. The SMILES string of the molecule is Cc1nc(-c2ccc(CC(=O)NCc3ccccc3-n3cccn3)cc2)cs1. The molecule has 0 bridgehead atoms. The van der Waals surface area contributed by atoms with E-state index in [4.69, 9.17) is 0 Å². The Morgan fingerprint density at radius 2 is 1.93 bits per heavy atom. The van der Waals surface area contributed by atoms with E-state index in [1.54, 1.807) is 22.2 Å². The summed E-state index contributed by atoms with van der Waals surface area (Å²) in [7, 11) is 0. The molecule has 140 valence electrons. The normalized spacial score (nSPS) is 10.8. The Kier molecular flexibility index (Phi) is 5.30. The molecular formula is C22H20N4OS. The molecule has 0 aliphatic carbocycles. The van der Waals surface area contributed by atoms with Crippen molar-refractivity contribution >= 4 is 17.2 Å². The van der Waals surface area contributed by atoms with Crippen molar-refractivity contribution in [3.05, 3.63) is 88.5 Å². The molecule has 28 heavy (non-hydrogen) atoms. The van der Waals surface area contributed by atoms with Gasteiger partial charge < -0.3 is 5.32 Å². The average Bonchev–Trinajstić information content (AvgIpc) is 3.39. The van der Waals surface area contributed by atoms with Crippen molar-refractivity contribution in [3.8, 4) is 16.9 Å². The second-order valence-electron chi connectivity index (χ2n) is 6.48. The highest BCUT2D eigenvalue weighted by Crippen LogP contribution is 2.22. The number of benzene rings is 2. The fourth-order valence-corrected chi connectivity index (χ4v) is 3.65. The zero-order chi connectivity index (χ0) is 19.3. The van der Waals surface area contributed by atoms with Crippen LogP contribution in [0.5, 0.6) is 0 Å². The van der Waals surface area contributed by atoms with Gasteiger partial charge in [0.2, 0.25) is 5.91 Å². The lowest BCUT2D eigenvalue weighted by Gasteiger charge is -2.11. The zero-order valence-corrected chi connectivity index (χ0v) is 16.3. The lowest BCUT2D eigenvalue weighted by molar-refractivity contribution is -0.120. The number of aromatic nitrogens is 3. The Labute approximate surface area is 167 Å². The summed E-state index contributed by atoms with van der Waals surface area (Å²) in [6.07, 6.45) is 3.98. The van der Waals surface area contributed by atoms with Crippen molar-refractivity contribution in [2.45, 2.75) is 19.9 Å². The van der Waals surface area contributed by atoms with Gasteiger partial charge in [0.05, 0.1) is 22.8 Å². The number of hydrogen-bond acceptors (Lipinski definition) is 4. The molecule has 2 heterocycles. The smallest absolute Gasteiger partial charge is 0.224 e. The molecule has 6 heteroatoms. The van der Waals surface area contributed by atoms with E-state index in [1.165, 1.54) is 0 Å². The maximum absolute atomic E-state index is 12.4. The summed E-state index contributed by atoms with van der Waals surface area (Å²) in [5.74, 6) is -0.00692. The summed E-state index contributed by atoms with van der Waals surface area (Å²) in [4.78, 5) is 16.9. The van der Waals surface area contributed by atoms with Crippen molar-refractivity contribution in [2.75, 3.05) is 0 Å². The van der Waals surface area contributed by atoms with Gasteiger partial charge in [-0.15, -0.1) is 11.3 Å². The molecule has 1 amide bonds. The standard InChI is InChI=1S/C22H20N4OS/c1-16-25-20(15-28-16)18-9-7-17(8-10-18)13-22(27)23-14-19-5-2-3-6-21(19)26-12-4-11-24-26/h2-12,15H,13-14H2,1H3,(H,23,27). The second kappa shape index (κ2) is 8.19. The van der Waals surface area contributed by atoms with Crippen LogP contribution < -0.4 is 5.32 Å². The van der Waals surface area contributed by atoms with Gasteiger partial charge in [-0.25, -0.2) is 9.67 Å². The number of thiazole rings is 1. The molecular weight excluding hydrogens is 368 g/mol. The van der Waals surface area contributed by atoms with Crippen LogP contribution in [0.1, 0.15) is 16.1 Å². The van der Waals surface area contributed by atoms with Gasteiger partial charge in [-0.1, -0.05) is 42.5 Å². The molecule has 1 N–H and O–H groups in total. The zero-order valence-electron chi connectivity index (χ0n) is 15.5. The van der Waals surface area contributed by atoms with Gasteiger partial charge in [0.15, 0.2) is 0 Å². The number of aryl methyl sites for hydroxylation is 1. The predicted octanol–water partition coefficient (Wildman–Crippen LogP) is 4.16. The summed E-state index contributed by atoms with van der Waals surface area (Å²) in [6, 6.07) is 17.8. The maximum atomic E-state index is 12.4. The molecule has 0 aliphatic heterocycles. The number of nitrogens with zero attached hydrogens (tertiary/aromatic N) is 3. The molecule has 0 radical (unpaired) electrons. The fraction of sp³-hybridized carbons (Fsp3) is 0.136. The van der Waals surface area contributed by atoms with Crippen LogP contribution in [0.15, 0.2) is 72.4 Å². The third-order valence-electron chi connectivity index (χ3n) is 4.45. The number of carbonyl (C=O) groups is 1. The van der Waals surface area contributed by atoms with Crippen LogP contribution in [0.3, 0.4) is 0 Å². The number of para-hydroxylation sites is 1. The highest BCUT2D eigenvalue weighted by molar-refractivity contribution is 7.09. The van der Waals surface area contributed by atoms with Gasteiger partial charge in [0, 0.05) is 29.9 Å². The quantitative estimate of drug-likeness (QED) is 0.539. The lowest BCUT2D eigenvalue weighted by atomic mass is 10.1. The second-order valence-corrected chi connectivity index (χ2v) is 7.54. The number of rotatable bonds is 6. The molecule has 0 aliphatic rings. The molecule has 4 rings (SSSR count). The third kappa shape index (κ3) is 4.18. The van der Waals surface area contributed by atoms with Gasteiger partial charge in [-0.3, -0.25) is 4.79 Å². The van der Waals surface area contributed by atoms with Crippen molar-refractivity contribution in [1.29, 1.82) is 0 Å². The van der Waals surface area contributed by atoms with Crippen molar-refractivity contribution in [3.63, 3.8) is 0 Å². The Morgan fingerprint density at radius 3 is 2.64 bits per heavy atom. The fourth-order valence-electron chi connectivity index (χ4n) is 3.03. The van der Waals surface area contributed by atoms with Crippen LogP contribution in [-0.4, -0.2) is 20.7 Å². The van der Waals surface area contributed by atoms with Crippen molar-refractivity contribution in [1.82, 2.24) is 20.1 Å². The Bertz CT molecular complexity index is 1070. The molecule has 2 aromatic carbocycles. The summed E-state index contributed by atoms with van der Waals surface area (Å²) in [5, 5.41) is 10.4. The minimum absolute atomic E-state index is 0.00692. The molecule has 0 fully saturated rings. The van der Waals surface area contributed by atoms with Crippen LogP contribution in [0.25, 0.3) is 16.9 Å². The highest BCUT2D eigenvalue weighted by atomic mass is 32.1. The average molecular weight is 388 g/mol. The summed E-state index contributed by atoms with van der Waals surface area (Å²) in [6.45, 7) is 2.46. The molecule has 4 aromatic rings. The number of hydrogen-bond donors (Lipinski definition) is 1. The first-order valence-electron chi connectivity index (χ1n) is 9.05. The molecule has 0 atom stereocenters. The van der Waals surface area contributed by atoms with Gasteiger partial charge in [0.25, 0.3) is 0 Å². The Balaban J connectivity index is 1.38. The van der Waals surface area contributed by atoms with E-state index in [9.17, 15) is 4.79 Å². The molecule has 0 saturated heterocycles. The van der Waals surface area contributed by atoms with Gasteiger partial charge in [0.1, 0.15) is 0 Å². The van der Waals surface area contributed by atoms with E-state index in [2.05, 4.69) is 15.4 Å². The minimum atomic E-state index is -0.00692. The molecule has 2 aromatic heterocycles. The topological polar surface area (TPSA) is 59.8 Å². The van der Waals surface area contributed by atoms with E-state index >= 15 is 0 Å². The maximum Gasteiger partial charge on any atom is 0.224 e. The predicted molar refractivity (Wildman–Crippen MR) is 111 cm³/mol. The summed E-state index contributed by atoms with van der Waals surface area (Å²) < 4.78 is 1.81. The number of nitrogens with one attached hydrogen (secondary N) is 1. The largest absolute Gasteiger partial charge is 0.352 e. The molecule has 0 spiro atoms. The first kappa shape index (κ1) is 18.1. The van der Waals surface area contributed by atoms with Gasteiger partial charge in [-0.05, 0) is 30.2 Å². The highest BCUT2D eigenvalue weighted by Gasteiger charge is 2.08.